The zero-order valence-electron chi connectivity index (χ0n) is 20.4. The molecule has 0 N–H and O–H groups in total. The van der Waals surface area contributed by atoms with E-state index in [1.54, 1.807) is 26.0 Å². The molecule has 0 aliphatic heterocycles. The Morgan fingerprint density at radius 1 is 0.763 bits per heavy atom. The van der Waals surface area contributed by atoms with Crippen molar-refractivity contribution >= 4 is 40.4 Å². The van der Waals surface area contributed by atoms with Gasteiger partial charge < -0.3 is 0 Å². The topological polar surface area (TPSA) is 29.4 Å². The first-order valence-electron chi connectivity index (χ1n) is 11.4. The van der Waals surface area contributed by atoms with Crippen LogP contribution in [0.25, 0.3) is 0 Å². The highest BCUT2D eigenvalue weighted by Gasteiger charge is 2.36. The Hall–Kier alpha value is -2.84. The van der Waals surface area contributed by atoms with Gasteiger partial charge >= 0.3 is 12.4 Å². The monoisotopic (exact) mass is 573 g/mol. The third-order valence-electron chi connectivity index (χ3n) is 6.01. The van der Waals surface area contributed by atoms with Crippen LogP contribution in [-0.4, -0.2) is 11.5 Å². The number of halogens is 8. The summed E-state index contributed by atoms with van der Waals surface area (Å²) in [6, 6.07) is 13.8. The first kappa shape index (κ1) is 29.7. The molecule has 0 aromatic heterocycles. The van der Waals surface area contributed by atoms with Crippen LogP contribution in [0.15, 0.2) is 71.7 Å². The second-order valence-electron chi connectivity index (χ2n) is 9.36. The van der Waals surface area contributed by atoms with Crippen molar-refractivity contribution in [2.45, 2.75) is 45.5 Å². The Morgan fingerprint density at radius 3 is 1.71 bits per heavy atom. The summed E-state index contributed by atoms with van der Waals surface area (Å²) < 4.78 is 79.7. The number of carbonyl (C=O) groups excluding carboxylic acids is 1. The van der Waals surface area contributed by atoms with Crippen LogP contribution in [0.5, 0.6) is 0 Å². The van der Waals surface area contributed by atoms with E-state index in [1.807, 2.05) is 0 Å². The molecule has 3 aromatic carbocycles. The average Bonchev–Trinajstić information content (AvgIpc) is 2.80. The van der Waals surface area contributed by atoms with Gasteiger partial charge in [-0.1, -0.05) is 66.5 Å². The molecule has 2 nitrogen and oxygen atoms in total. The van der Waals surface area contributed by atoms with Gasteiger partial charge in [-0.2, -0.15) is 26.3 Å². The van der Waals surface area contributed by atoms with Gasteiger partial charge in [0, 0.05) is 17.5 Å². The molecule has 0 spiro atoms. The molecular weight excluding hydrogens is 551 g/mol. The van der Waals surface area contributed by atoms with Gasteiger partial charge in [0.2, 0.25) is 0 Å². The van der Waals surface area contributed by atoms with E-state index in [0.29, 0.717) is 16.4 Å². The van der Waals surface area contributed by atoms with E-state index in [4.69, 9.17) is 23.2 Å². The summed E-state index contributed by atoms with van der Waals surface area (Å²) in [4.78, 5) is 18.0. The van der Waals surface area contributed by atoms with Crippen molar-refractivity contribution in [3.63, 3.8) is 0 Å². The lowest BCUT2D eigenvalue weighted by molar-refractivity contribution is -0.138. The normalized spacial score (nSPS) is 13.1. The molecule has 0 bridgehead atoms. The van der Waals surface area contributed by atoms with Crippen molar-refractivity contribution in [2.75, 3.05) is 0 Å². The smallest absolute Gasteiger partial charge is 0.299 e. The van der Waals surface area contributed by atoms with Gasteiger partial charge in [-0.3, -0.25) is 9.79 Å². The fraction of sp³-hybridized carbons (Fsp3) is 0.286. The van der Waals surface area contributed by atoms with Crippen LogP contribution in [0.4, 0.5) is 32.0 Å². The van der Waals surface area contributed by atoms with Gasteiger partial charge in [-0.15, -0.1) is 0 Å². The minimum atomic E-state index is -4.58. The van der Waals surface area contributed by atoms with Crippen LogP contribution in [-0.2, 0) is 30.0 Å². The molecule has 0 unspecified atom stereocenters. The lowest BCUT2D eigenvalue weighted by Crippen LogP contribution is -2.34. The number of hydrogen-bond acceptors (Lipinski definition) is 2. The third kappa shape index (κ3) is 7.84. The Labute approximate surface area is 226 Å². The lowest BCUT2D eigenvalue weighted by Gasteiger charge is -2.29. The molecule has 3 rings (SSSR count). The predicted octanol–water partition coefficient (Wildman–Crippen LogP) is 9.57. The summed E-state index contributed by atoms with van der Waals surface area (Å²) in [6.07, 6.45) is -9.58. The highest BCUT2D eigenvalue weighted by Crippen LogP contribution is 2.36. The minimum Gasteiger partial charge on any atom is -0.299 e. The summed E-state index contributed by atoms with van der Waals surface area (Å²) in [5, 5.41) is 0.597. The maximum atomic E-state index is 13.6. The van der Waals surface area contributed by atoms with Crippen molar-refractivity contribution in [3.05, 3.63) is 99.0 Å². The third-order valence-corrected chi connectivity index (χ3v) is 6.75. The molecule has 0 aliphatic carbocycles. The summed E-state index contributed by atoms with van der Waals surface area (Å²) in [7, 11) is 0. The van der Waals surface area contributed by atoms with Crippen LogP contribution in [0.2, 0.25) is 10.0 Å². The Morgan fingerprint density at radius 2 is 1.26 bits per heavy atom. The fourth-order valence-electron chi connectivity index (χ4n) is 4.14. The molecule has 38 heavy (non-hydrogen) atoms. The zero-order valence-corrected chi connectivity index (χ0v) is 21.9. The summed E-state index contributed by atoms with van der Waals surface area (Å²) in [5.41, 5.74) is -1.76. The van der Waals surface area contributed by atoms with Crippen LogP contribution in [0.3, 0.4) is 0 Å². The number of ketones is 1. The van der Waals surface area contributed by atoms with E-state index >= 15 is 0 Å². The minimum absolute atomic E-state index is 0.119. The molecule has 3 aromatic rings. The number of hydrogen-bond donors (Lipinski definition) is 0. The maximum Gasteiger partial charge on any atom is 0.416 e. The molecule has 0 saturated heterocycles. The van der Waals surface area contributed by atoms with E-state index in [0.717, 1.165) is 24.3 Å². The predicted molar refractivity (Wildman–Crippen MR) is 137 cm³/mol. The van der Waals surface area contributed by atoms with Crippen LogP contribution in [0, 0.1) is 5.41 Å². The van der Waals surface area contributed by atoms with E-state index in [9.17, 15) is 31.1 Å². The summed E-state index contributed by atoms with van der Waals surface area (Å²) in [6.45, 7) is 3.15. The second-order valence-corrected chi connectivity index (χ2v) is 10.2. The fourth-order valence-corrected chi connectivity index (χ4v) is 4.43. The standard InChI is InChI=1S/C28H23Cl2F6NO/c1-17(37-22-9-10-23(29)24(30)14-22)11-25(38)26(2,15-18-5-3-7-20(12-18)27(31,32)33)16-19-6-4-8-21(13-19)28(34,35)36/h3-10,12-14H,11,15-16H2,1-2H3. The Bertz CT molecular complexity index is 1290. The van der Waals surface area contributed by atoms with E-state index in [1.165, 1.54) is 30.3 Å². The van der Waals surface area contributed by atoms with Gasteiger partial charge in [0.05, 0.1) is 26.9 Å². The molecule has 0 atom stereocenters. The van der Waals surface area contributed by atoms with Crippen LogP contribution in [0.1, 0.15) is 42.5 Å². The zero-order chi connectivity index (χ0) is 28.3. The largest absolute Gasteiger partial charge is 0.416 e. The molecular formula is C28H23Cl2F6NO. The average molecular weight is 574 g/mol. The quantitative estimate of drug-likeness (QED) is 0.195. The highest BCUT2D eigenvalue weighted by atomic mass is 35.5. The van der Waals surface area contributed by atoms with Crippen molar-refractivity contribution in [2.24, 2.45) is 10.4 Å². The van der Waals surface area contributed by atoms with Crippen molar-refractivity contribution in [3.8, 4) is 0 Å². The molecule has 0 fully saturated rings. The van der Waals surface area contributed by atoms with E-state index in [2.05, 4.69) is 4.99 Å². The molecule has 0 radical (unpaired) electrons. The van der Waals surface area contributed by atoms with Crippen LogP contribution < -0.4 is 0 Å². The first-order chi connectivity index (χ1) is 17.6. The lowest BCUT2D eigenvalue weighted by atomic mass is 9.73. The molecule has 0 aliphatic rings. The highest BCUT2D eigenvalue weighted by molar-refractivity contribution is 6.42. The van der Waals surface area contributed by atoms with Crippen molar-refractivity contribution in [1.82, 2.24) is 0 Å². The number of aliphatic imine (C=N–C) groups is 1. The second kappa shape index (κ2) is 11.5. The van der Waals surface area contributed by atoms with Gasteiger partial charge in [0.1, 0.15) is 5.78 Å². The SMILES string of the molecule is CC(CC(=O)C(C)(Cc1cccc(C(F)(F)F)c1)Cc1cccc(C(F)(F)F)c1)=Nc1ccc(Cl)c(Cl)c1. The van der Waals surface area contributed by atoms with Gasteiger partial charge in [-0.25, -0.2) is 0 Å². The molecule has 0 saturated carbocycles. The van der Waals surface area contributed by atoms with E-state index < -0.39 is 28.9 Å². The van der Waals surface area contributed by atoms with Crippen molar-refractivity contribution in [1.29, 1.82) is 0 Å². The van der Waals surface area contributed by atoms with Crippen molar-refractivity contribution < 1.29 is 31.1 Å². The number of rotatable bonds is 8. The number of nitrogens with zero attached hydrogens (tertiary/aromatic N) is 1. The first-order valence-corrected chi connectivity index (χ1v) is 12.2. The Kier molecular flexibility index (Phi) is 8.99. The number of alkyl halides is 6. The van der Waals surface area contributed by atoms with Gasteiger partial charge in [0.15, 0.2) is 0 Å². The molecule has 10 heteroatoms. The Balaban J connectivity index is 1.96. The summed E-state index contributed by atoms with van der Waals surface area (Å²) >= 11 is 11.9. The summed E-state index contributed by atoms with van der Waals surface area (Å²) in [5.74, 6) is -0.381. The number of benzene rings is 3. The maximum absolute atomic E-state index is 13.6. The molecule has 0 heterocycles. The van der Waals surface area contributed by atoms with E-state index in [-0.39, 0.29) is 41.2 Å². The van der Waals surface area contributed by atoms with Crippen LogP contribution >= 0.6 is 23.2 Å². The molecule has 202 valence electrons. The molecule has 0 amide bonds. The number of Topliss-reactive ketones (excluding diaryl/α,β-unsaturated/α-hetero) is 1. The van der Waals surface area contributed by atoms with Gasteiger partial charge in [-0.05, 0) is 61.2 Å². The number of carbonyl (C=O) groups is 1. The van der Waals surface area contributed by atoms with Gasteiger partial charge in [0.25, 0.3) is 0 Å².